The molecule has 0 spiro atoms. The van der Waals surface area contributed by atoms with Gasteiger partial charge in [0.05, 0.1) is 0 Å². The van der Waals surface area contributed by atoms with Crippen LogP contribution in [0.15, 0.2) is 48.5 Å². The van der Waals surface area contributed by atoms with E-state index >= 15 is 0 Å². The number of nitrogens with two attached hydrogens (primary N) is 1. The average molecular weight is 281 g/mol. The molecule has 1 aliphatic heterocycles. The number of nitrogens with one attached hydrogen (secondary N) is 1. The average Bonchev–Trinajstić information content (AvgIpc) is 2.92. The van der Waals surface area contributed by atoms with Gasteiger partial charge in [-0.1, -0.05) is 36.4 Å². The van der Waals surface area contributed by atoms with Gasteiger partial charge in [0.25, 0.3) is 0 Å². The van der Waals surface area contributed by atoms with E-state index in [0.29, 0.717) is 0 Å². The lowest BCUT2D eigenvalue weighted by Crippen LogP contribution is -2.25. The van der Waals surface area contributed by atoms with Crippen molar-refractivity contribution in [3.63, 3.8) is 0 Å². The Morgan fingerprint density at radius 3 is 2.76 bits per heavy atom. The van der Waals surface area contributed by atoms with Crippen LogP contribution in [-0.2, 0) is 13.0 Å². The highest BCUT2D eigenvalue weighted by molar-refractivity contribution is 5.57. The van der Waals surface area contributed by atoms with Gasteiger partial charge in [-0.15, -0.1) is 0 Å². The predicted molar refractivity (Wildman–Crippen MR) is 89.5 cm³/mol. The van der Waals surface area contributed by atoms with E-state index in [2.05, 4.69) is 40.5 Å². The van der Waals surface area contributed by atoms with Gasteiger partial charge < -0.3 is 16.0 Å². The summed E-state index contributed by atoms with van der Waals surface area (Å²) in [6.07, 6.45) is 2.34. The van der Waals surface area contributed by atoms with Crippen LogP contribution in [0.2, 0.25) is 0 Å². The number of hydrogen-bond donors (Lipinski definition) is 2. The van der Waals surface area contributed by atoms with Crippen LogP contribution in [0.4, 0.5) is 11.4 Å². The first-order chi connectivity index (χ1) is 10.3. The number of anilines is 2. The van der Waals surface area contributed by atoms with Crippen molar-refractivity contribution in [3.8, 4) is 0 Å². The smallest absolute Gasteiger partial charge is 0.0399 e. The highest BCUT2D eigenvalue weighted by Gasteiger charge is 2.17. The van der Waals surface area contributed by atoms with Gasteiger partial charge in [0, 0.05) is 31.0 Å². The molecule has 0 unspecified atom stereocenters. The summed E-state index contributed by atoms with van der Waals surface area (Å²) in [4.78, 5) is 2.49. The molecular weight excluding hydrogens is 258 g/mol. The largest absolute Gasteiger partial charge is 0.398 e. The Labute approximate surface area is 126 Å². The van der Waals surface area contributed by atoms with E-state index in [-0.39, 0.29) is 0 Å². The molecular formula is C18H23N3. The zero-order valence-electron chi connectivity index (χ0n) is 12.4. The number of nitrogens with zero attached hydrogens (tertiary/aromatic N) is 1. The van der Waals surface area contributed by atoms with E-state index in [4.69, 9.17) is 5.73 Å². The van der Waals surface area contributed by atoms with Crippen molar-refractivity contribution < 1.29 is 0 Å². The van der Waals surface area contributed by atoms with Gasteiger partial charge in [-0.05, 0) is 42.6 Å². The fraction of sp³-hybridized carbons (Fsp3) is 0.333. The molecule has 2 aromatic rings. The fourth-order valence-electron chi connectivity index (χ4n) is 2.95. The third-order valence-corrected chi connectivity index (χ3v) is 4.14. The van der Waals surface area contributed by atoms with Gasteiger partial charge in [-0.3, -0.25) is 0 Å². The van der Waals surface area contributed by atoms with Crippen LogP contribution in [-0.4, -0.2) is 19.6 Å². The maximum Gasteiger partial charge on any atom is 0.0399 e. The molecule has 21 heavy (non-hydrogen) atoms. The first-order valence-corrected chi connectivity index (χ1v) is 7.71. The Balaban J connectivity index is 1.41. The van der Waals surface area contributed by atoms with E-state index in [1.54, 1.807) is 0 Å². The highest BCUT2D eigenvalue weighted by atomic mass is 15.1. The van der Waals surface area contributed by atoms with Gasteiger partial charge in [0.2, 0.25) is 0 Å². The van der Waals surface area contributed by atoms with Crippen LogP contribution in [0.3, 0.4) is 0 Å². The van der Waals surface area contributed by atoms with Gasteiger partial charge in [-0.2, -0.15) is 0 Å². The Morgan fingerprint density at radius 1 is 1.05 bits per heavy atom. The van der Waals surface area contributed by atoms with Crippen molar-refractivity contribution in [3.05, 3.63) is 59.7 Å². The molecule has 0 fully saturated rings. The second-order valence-corrected chi connectivity index (χ2v) is 5.59. The zero-order valence-corrected chi connectivity index (χ0v) is 12.4. The third-order valence-electron chi connectivity index (χ3n) is 4.14. The lowest BCUT2D eigenvalue weighted by Gasteiger charge is -2.19. The fourth-order valence-corrected chi connectivity index (χ4v) is 2.95. The molecule has 0 atom stereocenters. The van der Waals surface area contributed by atoms with Gasteiger partial charge >= 0.3 is 0 Å². The Kier molecular flexibility index (Phi) is 4.41. The van der Waals surface area contributed by atoms with Gasteiger partial charge in [0.15, 0.2) is 0 Å². The molecule has 0 radical (unpaired) electrons. The molecule has 1 aliphatic rings. The summed E-state index contributed by atoms with van der Waals surface area (Å²) in [5, 5.41) is 3.48. The minimum absolute atomic E-state index is 0.850. The van der Waals surface area contributed by atoms with E-state index in [0.717, 1.165) is 38.3 Å². The van der Waals surface area contributed by atoms with Crippen molar-refractivity contribution in [2.75, 3.05) is 30.3 Å². The number of benzene rings is 2. The molecule has 3 N–H and O–H groups in total. The van der Waals surface area contributed by atoms with E-state index in [1.807, 2.05) is 18.2 Å². The maximum absolute atomic E-state index is 5.94. The minimum atomic E-state index is 0.850. The summed E-state index contributed by atoms with van der Waals surface area (Å²) < 4.78 is 0. The van der Waals surface area contributed by atoms with Crippen LogP contribution >= 0.6 is 0 Å². The molecule has 110 valence electrons. The van der Waals surface area contributed by atoms with Crippen molar-refractivity contribution in [2.45, 2.75) is 19.4 Å². The van der Waals surface area contributed by atoms with Crippen LogP contribution < -0.4 is 16.0 Å². The Morgan fingerprint density at radius 2 is 1.86 bits per heavy atom. The summed E-state index contributed by atoms with van der Waals surface area (Å²) in [5.74, 6) is 0. The van der Waals surface area contributed by atoms with Gasteiger partial charge in [0.1, 0.15) is 0 Å². The Hall–Kier alpha value is -2.00. The van der Waals surface area contributed by atoms with Crippen molar-refractivity contribution in [1.29, 1.82) is 0 Å². The summed E-state index contributed by atoms with van der Waals surface area (Å²) in [7, 11) is 0. The second kappa shape index (κ2) is 6.64. The number of hydrogen-bond acceptors (Lipinski definition) is 3. The number of para-hydroxylation sites is 2. The summed E-state index contributed by atoms with van der Waals surface area (Å²) in [6.45, 7) is 4.15. The van der Waals surface area contributed by atoms with Crippen molar-refractivity contribution in [1.82, 2.24) is 5.32 Å². The minimum Gasteiger partial charge on any atom is -0.398 e. The molecule has 0 amide bonds. The molecule has 3 rings (SSSR count). The third kappa shape index (κ3) is 3.37. The molecule has 3 heteroatoms. The number of nitrogen functional groups attached to an aromatic ring is 1. The molecule has 0 aromatic heterocycles. The predicted octanol–water partition coefficient (Wildman–Crippen LogP) is 2.81. The van der Waals surface area contributed by atoms with E-state index < -0.39 is 0 Å². The van der Waals surface area contributed by atoms with Crippen LogP contribution in [0, 0.1) is 0 Å². The summed E-state index contributed by atoms with van der Waals surface area (Å²) in [6, 6.07) is 16.8. The van der Waals surface area contributed by atoms with Gasteiger partial charge in [-0.25, -0.2) is 0 Å². The summed E-state index contributed by atoms with van der Waals surface area (Å²) in [5.41, 5.74) is 10.9. The highest BCUT2D eigenvalue weighted by Crippen LogP contribution is 2.27. The quantitative estimate of drug-likeness (QED) is 0.632. The lowest BCUT2D eigenvalue weighted by atomic mass is 10.2. The SMILES string of the molecule is Nc1ccccc1CNCCCN1CCc2ccccc21. The van der Waals surface area contributed by atoms with E-state index in [9.17, 15) is 0 Å². The second-order valence-electron chi connectivity index (χ2n) is 5.59. The zero-order chi connectivity index (χ0) is 14.5. The lowest BCUT2D eigenvalue weighted by molar-refractivity contribution is 0.639. The molecule has 2 aromatic carbocycles. The van der Waals surface area contributed by atoms with Crippen LogP contribution in [0.1, 0.15) is 17.5 Å². The normalized spacial score (nSPS) is 13.4. The standard InChI is InChI=1S/C18H23N3/c19-17-8-3-1-7-16(17)14-20-11-5-12-21-13-10-15-6-2-4-9-18(15)21/h1-4,6-9,20H,5,10-14,19H2. The van der Waals surface area contributed by atoms with Crippen molar-refractivity contribution in [2.24, 2.45) is 0 Å². The molecule has 0 saturated heterocycles. The number of rotatable bonds is 6. The molecule has 0 aliphatic carbocycles. The van der Waals surface area contributed by atoms with Crippen LogP contribution in [0.25, 0.3) is 0 Å². The van der Waals surface area contributed by atoms with Crippen molar-refractivity contribution >= 4 is 11.4 Å². The van der Waals surface area contributed by atoms with Crippen LogP contribution in [0.5, 0.6) is 0 Å². The monoisotopic (exact) mass is 281 g/mol. The maximum atomic E-state index is 5.94. The topological polar surface area (TPSA) is 41.3 Å². The summed E-state index contributed by atoms with van der Waals surface area (Å²) >= 11 is 0. The Bertz CT molecular complexity index is 595. The molecule has 3 nitrogen and oxygen atoms in total. The molecule has 1 heterocycles. The number of fused-ring (bicyclic) bond motifs is 1. The first kappa shape index (κ1) is 14.0. The molecule has 0 saturated carbocycles. The first-order valence-electron chi connectivity index (χ1n) is 7.71. The molecule has 0 bridgehead atoms. The van der Waals surface area contributed by atoms with E-state index in [1.165, 1.54) is 23.2 Å².